The summed E-state index contributed by atoms with van der Waals surface area (Å²) in [6.45, 7) is 0. The summed E-state index contributed by atoms with van der Waals surface area (Å²) in [5.74, 6) is 5.42. The number of carbonyl (C=O) groups excluding carboxylic acids is 1. The zero-order valence-corrected chi connectivity index (χ0v) is 11.2. The van der Waals surface area contributed by atoms with Crippen LogP contribution in [0.1, 0.15) is 5.56 Å². The highest BCUT2D eigenvalue weighted by Gasteiger charge is 2.03. The fourth-order valence-corrected chi connectivity index (χ4v) is 1.44. The maximum atomic E-state index is 11.4. The maximum Gasteiger partial charge on any atom is 0.338 e. The largest absolute Gasteiger partial charge is 0.465 e. The number of rotatable bonds is 3. The third-order valence-corrected chi connectivity index (χ3v) is 2.43. The second-order valence-electron chi connectivity index (χ2n) is 3.27. The summed E-state index contributed by atoms with van der Waals surface area (Å²) in [7, 11) is 1.35. The molecule has 0 saturated carbocycles. The van der Waals surface area contributed by atoms with Crippen molar-refractivity contribution >= 4 is 17.7 Å². The molecule has 0 spiro atoms. The van der Waals surface area contributed by atoms with Crippen molar-refractivity contribution in [1.29, 1.82) is 0 Å². The van der Waals surface area contributed by atoms with Crippen LogP contribution in [-0.2, 0) is 9.53 Å². The summed E-state index contributed by atoms with van der Waals surface area (Å²) < 4.78 is 4.68. The molecule has 0 amide bonds. The minimum atomic E-state index is -0.386. The standard InChI is InChI=1S/C15H14O2S/c1-17-15(16)14(11-12-18-2)10-6-9-13-7-4-3-5-8-13/h3-5,7-8,10-12H,1-2H3/b12-11+,14-10+. The highest BCUT2D eigenvalue weighted by molar-refractivity contribution is 8.01. The van der Waals surface area contributed by atoms with Gasteiger partial charge in [-0.3, -0.25) is 0 Å². The number of allylic oxidation sites excluding steroid dienone is 1. The Bertz CT molecular complexity index is 504. The fourth-order valence-electron chi connectivity index (χ4n) is 1.15. The molecule has 18 heavy (non-hydrogen) atoms. The van der Waals surface area contributed by atoms with Crippen molar-refractivity contribution in [2.24, 2.45) is 0 Å². The first-order valence-corrected chi connectivity index (χ1v) is 6.61. The van der Waals surface area contributed by atoms with Crippen molar-refractivity contribution in [2.75, 3.05) is 13.4 Å². The molecule has 0 saturated heterocycles. The minimum absolute atomic E-state index is 0.386. The summed E-state index contributed by atoms with van der Waals surface area (Å²) in [4.78, 5) is 11.4. The molecule has 0 unspecified atom stereocenters. The lowest BCUT2D eigenvalue weighted by atomic mass is 10.2. The quantitative estimate of drug-likeness (QED) is 0.361. The van der Waals surface area contributed by atoms with E-state index in [2.05, 4.69) is 16.6 Å². The topological polar surface area (TPSA) is 26.3 Å². The van der Waals surface area contributed by atoms with E-state index in [1.807, 2.05) is 42.0 Å². The van der Waals surface area contributed by atoms with Gasteiger partial charge in [0.05, 0.1) is 12.7 Å². The number of ether oxygens (including phenoxy) is 1. The van der Waals surface area contributed by atoms with Crippen LogP contribution in [-0.4, -0.2) is 19.3 Å². The molecule has 0 fully saturated rings. The molecule has 1 aromatic rings. The van der Waals surface area contributed by atoms with Crippen molar-refractivity contribution < 1.29 is 9.53 Å². The first-order valence-electron chi connectivity index (χ1n) is 5.32. The Morgan fingerprint density at radius 3 is 2.67 bits per heavy atom. The molecule has 0 aliphatic carbocycles. The lowest BCUT2D eigenvalue weighted by molar-refractivity contribution is -0.135. The molecule has 3 heteroatoms. The Kier molecular flexibility index (Phi) is 6.45. The molecule has 0 bridgehead atoms. The predicted molar refractivity (Wildman–Crippen MR) is 76.1 cm³/mol. The number of hydrogen-bond donors (Lipinski definition) is 0. The van der Waals surface area contributed by atoms with Crippen LogP contribution in [0.25, 0.3) is 0 Å². The number of thioether (sulfide) groups is 1. The van der Waals surface area contributed by atoms with E-state index >= 15 is 0 Å². The van der Waals surface area contributed by atoms with Crippen LogP contribution < -0.4 is 0 Å². The monoisotopic (exact) mass is 258 g/mol. The average Bonchev–Trinajstić information content (AvgIpc) is 2.43. The normalized spacial score (nSPS) is 10.9. The molecule has 0 radical (unpaired) electrons. The number of carbonyl (C=O) groups is 1. The molecule has 2 nitrogen and oxygen atoms in total. The molecule has 0 aliphatic rings. The van der Waals surface area contributed by atoms with Gasteiger partial charge in [0.1, 0.15) is 0 Å². The van der Waals surface area contributed by atoms with E-state index in [-0.39, 0.29) is 5.97 Å². The second kappa shape index (κ2) is 8.21. The van der Waals surface area contributed by atoms with Crippen LogP contribution in [0.5, 0.6) is 0 Å². The highest BCUT2D eigenvalue weighted by Crippen LogP contribution is 2.04. The fraction of sp³-hybridized carbons (Fsp3) is 0.133. The maximum absolute atomic E-state index is 11.4. The van der Waals surface area contributed by atoms with Gasteiger partial charge in [-0.25, -0.2) is 4.79 Å². The van der Waals surface area contributed by atoms with E-state index in [9.17, 15) is 4.79 Å². The van der Waals surface area contributed by atoms with Crippen LogP contribution >= 0.6 is 11.8 Å². The molecular formula is C15H14O2S. The summed E-state index contributed by atoms with van der Waals surface area (Å²) in [5.41, 5.74) is 1.35. The number of hydrogen-bond acceptors (Lipinski definition) is 3. The zero-order chi connectivity index (χ0) is 13.2. The Morgan fingerprint density at radius 2 is 2.06 bits per heavy atom. The zero-order valence-electron chi connectivity index (χ0n) is 10.3. The third kappa shape index (κ3) is 4.94. The number of methoxy groups -OCH3 is 1. The van der Waals surface area contributed by atoms with E-state index in [1.54, 1.807) is 12.2 Å². The van der Waals surface area contributed by atoms with Gasteiger partial charge in [-0.1, -0.05) is 30.0 Å². The second-order valence-corrected chi connectivity index (χ2v) is 4.01. The lowest BCUT2D eigenvalue weighted by Gasteiger charge is -1.96. The Balaban J connectivity index is 2.87. The van der Waals surface area contributed by atoms with Crippen LogP contribution in [0.3, 0.4) is 0 Å². The van der Waals surface area contributed by atoms with E-state index in [0.717, 1.165) is 5.56 Å². The Hall–Kier alpha value is -1.92. The van der Waals surface area contributed by atoms with Crippen LogP contribution in [0.4, 0.5) is 0 Å². The molecule has 0 heterocycles. The Morgan fingerprint density at radius 1 is 1.33 bits per heavy atom. The summed E-state index contributed by atoms with van der Waals surface area (Å²) in [6, 6.07) is 9.60. The van der Waals surface area contributed by atoms with Gasteiger partial charge >= 0.3 is 5.97 Å². The molecule has 0 aliphatic heterocycles. The van der Waals surface area contributed by atoms with Gasteiger partial charge < -0.3 is 4.74 Å². The summed E-state index contributed by atoms with van der Waals surface area (Å²) in [6.07, 6.45) is 5.17. The molecule has 0 N–H and O–H groups in total. The number of esters is 1. The van der Waals surface area contributed by atoms with Crippen molar-refractivity contribution in [3.05, 3.63) is 59.0 Å². The van der Waals surface area contributed by atoms with Crippen LogP contribution in [0.15, 0.2) is 53.5 Å². The average molecular weight is 258 g/mol. The van der Waals surface area contributed by atoms with Crippen molar-refractivity contribution in [1.82, 2.24) is 0 Å². The minimum Gasteiger partial charge on any atom is -0.465 e. The Labute approximate surface area is 112 Å². The van der Waals surface area contributed by atoms with E-state index in [1.165, 1.54) is 18.9 Å². The molecular weight excluding hydrogens is 244 g/mol. The molecule has 1 rings (SSSR count). The summed E-state index contributed by atoms with van der Waals surface area (Å²) in [5, 5.41) is 1.81. The summed E-state index contributed by atoms with van der Waals surface area (Å²) >= 11 is 1.51. The van der Waals surface area contributed by atoms with Crippen LogP contribution in [0, 0.1) is 11.8 Å². The van der Waals surface area contributed by atoms with Crippen molar-refractivity contribution in [3.8, 4) is 11.8 Å². The lowest BCUT2D eigenvalue weighted by Crippen LogP contribution is -2.02. The van der Waals surface area contributed by atoms with Gasteiger partial charge in [0.2, 0.25) is 0 Å². The van der Waals surface area contributed by atoms with Crippen LogP contribution in [0.2, 0.25) is 0 Å². The third-order valence-electron chi connectivity index (χ3n) is 2.02. The van der Waals surface area contributed by atoms with E-state index < -0.39 is 0 Å². The SMILES string of the molecule is COC(=O)C(/C=C/SC)=C/C#Cc1ccccc1. The van der Waals surface area contributed by atoms with Crippen molar-refractivity contribution in [2.45, 2.75) is 0 Å². The molecule has 92 valence electrons. The molecule has 1 aromatic carbocycles. The predicted octanol–water partition coefficient (Wildman–Crippen LogP) is 3.01. The molecule has 0 aromatic heterocycles. The van der Waals surface area contributed by atoms with Gasteiger partial charge in [0.15, 0.2) is 0 Å². The van der Waals surface area contributed by atoms with Gasteiger partial charge in [-0.05, 0) is 29.9 Å². The van der Waals surface area contributed by atoms with Gasteiger partial charge in [-0.15, -0.1) is 11.8 Å². The van der Waals surface area contributed by atoms with E-state index in [4.69, 9.17) is 0 Å². The van der Waals surface area contributed by atoms with Crippen molar-refractivity contribution in [3.63, 3.8) is 0 Å². The highest BCUT2D eigenvalue weighted by atomic mass is 32.2. The smallest absolute Gasteiger partial charge is 0.338 e. The first-order chi connectivity index (χ1) is 8.77. The number of benzene rings is 1. The van der Waals surface area contributed by atoms with Gasteiger partial charge in [0.25, 0.3) is 0 Å². The first kappa shape index (κ1) is 14.1. The molecule has 0 atom stereocenters. The van der Waals surface area contributed by atoms with Gasteiger partial charge in [0, 0.05) is 11.6 Å². The van der Waals surface area contributed by atoms with Gasteiger partial charge in [-0.2, -0.15) is 0 Å². The van der Waals surface area contributed by atoms with E-state index in [0.29, 0.717) is 5.57 Å².